The molecule has 0 radical (unpaired) electrons. The molecular formula is C21H23N2O2P. The highest BCUT2D eigenvalue weighted by atomic mass is 31.2. The van der Waals surface area contributed by atoms with E-state index in [1.54, 1.807) is 0 Å². The number of para-hydroxylation sites is 1. The molecule has 134 valence electrons. The molecule has 0 amide bonds. The van der Waals surface area contributed by atoms with Gasteiger partial charge >= 0.3 is 7.67 Å². The first-order valence-corrected chi connectivity index (χ1v) is 10.2. The van der Waals surface area contributed by atoms with E-state index in [2.05, 4.69) is 10.2 Å². The lowest BCUT2D eigenvalue weighted by molar-refractivity contribution is 0.449. The van der Waals surface area contributed by atoms with Crippen molar-refractivity contribution in [2.75, 3.05) is 0 Å². The smallest absolute Gasteiger partial charge is 0.391 e. The maximum atomic E-state index is 13.4. The highest BCUT2D eigenvalue weighted by molar-refractivity contribution is 7.55. The Morgan fingerprint density at radius 3 is 1.69 bits per heavy atom. The molecule has 3 aromatic carbocycles. The van der Waals surface area contributed by atoms with Crippen LogP contribution in [0.3, 0.4) is 0 Å². The van der Waals surface area contributed by atoms with Gasteiger partial charge in [-0.1, -0.05) is 78.9 Å². The van der Waals surface area contributed by atoms with Crippen molar-refractivity contribution in [1.82, 2.24) is 10.2 Å². The third kappa shape index (κ3) is 5.30. The summed E-state index contributed by atoms with van der Waals surface area (Å²) in [6, 6.07) is 27.3. The number of hydrogen-bond donors (Lipinski definition) is 2. The Morgan fingerprint density at radius 1 is 0.731 bits per heavy atom. The van der Waals surface area contributed by atoms with Crippen LogP contribution >= 0.6 is 7.67 Å². The molecule has 0 aliphatic rings. The van der Waals surface area contributed by atoms with Crippen LogP contribution in [-0.4, -0.2) is 0 Å². The van der Waals surface area contributed by atoms with E-state index in [9.17, 15) is 4.57 Å². The molecule has 0 unspecified atom stereocenters. The lowest BCUT2D eigenvalue weighted by atomic mass is 10.2. The van der Waals surface area contributed by atoms with Gasteiger partial charge in [0, 0.05) is 13.1 Å². The molecule has 3 aromatic rings. The average Bonchev–Trinajstić information content (AvgIpc) is 2.69. The molecule has 0 saturated carbocycles. The van der Waals surface area contributed by atoms with E-state index in [1.807, 2.05) is 91.9 Å². The van der Waals surface area contributed by atoms with Crippen molar-refractivity contribution in [3.63, 3.8) is 0 Å². The zero-order chi connectivity index (χ0) is 18.2. The van der Waals surface area contributed by atoms with E-state index in [0.717, 1.165) is 16.7 Å². The molecule has 0 aromatic heterocycles. The third-order valence-electron chi connectivity index (χ3n) is 3.99. The van der Waals surface area contributed by atoms with Gasteiger partial charge in [0.2, 0.25) is 0 Å². The largest absolute Gasteiger partial charge is 0.422 e. The van der Waals surface area contributed by atoms with Gasteiger partial charge < -0.3 is 4.52 Å². The summed E-state index contributed by atoms with van der Waals surface area (Å²) in [4.78, 5) is 0. The normalized spacial score (nSPS) is 11.3. The Hall–Kier alpha value is -2.39. The maximum Gasteiger partial charge on any atom is 0.391 e. The molecule has 0 fully saturated rings. The molecular weight excluding hydrogens is 343 g/mol. The second-order valence-electron chi connectivity index (χ2n) is 6.05. The lowest BCUT2D eigenvalue weighted by Crippen LogP contribution is -2.25. The molecule has 0 heterocycles. The first kappa shape index (κ1) is 18.4. The van der Waals surface area contributed by atoms with Crippen molar-refractivity contribution in [3.05, 3.63) is 102 Å². The van der Waals surface area contributed by atoms with Crippen LogP contribution in [0, 0.1) is 6.92 Å². The number of rotatable bonds is 8. The summed E-state index contributed by atoms with van der Waals surface area (Å²) in [5, 5.41) is 6.16. The highest BCUT2D eigenvalue weighted by Crippen LogP contribution is 2.40. The SMILES string of the molecule is Cc1ccccc1OP(=O)(NCc1ccccc1)NCc1ccccc1. The van der Waals surface area contributed by atoms with Crippen LogP contribution in [0.25, 0.3) is 0 Å². The van der Waals surface area contributed by atoms with Crippen LogP contribution in [0.2, 0.25) is 0 Å². The number of aryl methyl sites for hydroxylation is 1. The van der Waals surface area contributed by atoms with Gasteiger partial charge in [0.1, 0.15) is 5.75 Å². The lowest BCUT2D eigenvalue weighted by Gasteiger charge is -2.22. The summed E-state index contributed by atoms with van der Waals surface area (Å²) in [6.45, 7) is 2.84. The standard InChI is InChI=1S/C21H23N2O2P/c1-18-10-8-9-15-21(18)25-26(24,22-16-19-11-4-2-5-12-19)23-17-20-13-6-3-7-14-20/h2-15H,16-17H2,1H3,(H2,22,23,24). The molecule has 0 saturated heterocycles. The molecule has 5 heteroatoms. The monoisotopic (exact) mass is 366 g/mol. The zero-order valence-corrected chi connectivity index (χ0v) is 15.7. The summed E-state index contributed by atoms with van der Waals surface area (Å²) in [5.41, 5.74) is 3.03. The van der Waals surface area contributed by atoms with Crippen molar-refractivity contribution in [2.45, 2.75) is 20.0 Å². The molecule has 2 N–H and O–H groups in total. The molecule has 0 aliphatic carbocycles. The Labute approximate surface area is 154 Å². The van der Waals surface area contributed by atoms with E-state index < -0.39 is 7.67 Å². The van der Waals surface area contributed by atoms with Gasteiger partial charge in [0.05, 0.1) is 0 Å². The van der Waals surface area contributed by atoms with Crippen molar-refractivity contribution in [3.8, 4) is 5.75 Å². The number of nitrogens with one attached hydrogen (secondary N) is 2. The minimum absolute atomic E-state index is 0.450. The second kappa shape index (κ2) is 8.81. The molecule has 4 nitrogen and oxygen atoms in total. The van der Waals surface area contributed by atoms with Crippen LogP contribution in [0.1, 0.15) is 16.7 Å². The first-order chi connectivity index (χ1) is 12.6. The van der Waals surface area contributed by atoms with Crippen molar-refractivity contribution < 1.29 is 9.09 Å². The molecule has 0 bridgehead atoms. The minimum Gasteiger partial charge on any atom is -0.422 e. The minimum atomic E-state index is -3.30. The fourth-order valence-corrected chi connectivity index (χ4v) is 4.00. The van der Waals surface area contributed by atoms with Gasteiger partial charge in [0.25, 0.3) is 0 Å². The van der Waals surface area contributed by atoms with Gasteiger partial charge in [0.15, 0.2) is 0 Å². The topological polar surface area (TPSA) is 50.4 Å². The summed E-state index contributed by atoms with van der Waals surface area (Å²) in [6.07, 6.45) is 0. The van der Waals surface area contributed by atoms with Crippen molar-refractivity contribution >= 4 is 7.67 Å². The Kier molecular flexibility index (Phi) is 6.24. The molecule has 0 aliphatic heterocycles. The van der Waals surface area contributed by atoms with E-state index >= 15 is 0 Å². The molecule has 0 spiro atoms. The van der Waals surface area contributed by atoms with E-state index in [1.165, 1.54) is 0 Å². The summed E-state index contributed by atoms with van der Waals surface area (Å²) in [5.74, 6) is 0.608. The van der Waals surface area contributed by atoms with Crippen molar-refractivity contribution in [2.24, 2.45) is 0 Å². The van der Waals surface area contributed by atoms with E-state index in [4.69, 9.17) is 4.52 Å². The quantitative estimate of drug-likeness (QED) is 0.547. The highest BCUT2D eigenvalue weighted by Gasteiger charge is 2.24. The Balaban J connectivity index is 1.75. The Morgan fingerprint density at radius 2 is 1.19 bits per heavy atom. The second-order valence-corrected chi connectivity index (χ2v) is 7.97. The van der Waals surface area contributed by atoms with Gasteiger partial charge in [-0.3, -0.25) is 0 Å². The summed E-state index contributed by atoms with van der Waals surface area (Å²) in [7, 11) is -3.30. The van der Waals surface area contributed by atoms with Crippen LogP contribution in [0.5, 0.6) is 5.75 Å². The summed E-state index contributed by atoms with van der Waals surface area (Å²) < 4.78 is 19.3. The van der Waals surface area contributed by atoms with E-state index in [-0.39, 0.29) is 0 Å². The fourth-order valence-electron chi connectivity index (χ4n) is 2.50. The number of hydrogen-bond acceptors (Lipinski definition) is 2. The van der Waals surface area contributed by atoms with Crippen LogP contribution in [0.4, 0.5) is 0 Å². The third-order valence-corrected chi connectivity index (χ3v) is 5.59. The number of benzene rings is 3. The molecule has 26 heavy (non-hydrogen) atoms. The predicted octanol–water partition coefficient (Wildman–Crippen LogP) is 5.06. The van der Waals surface area contributed by atoms with Crippen LogP contribution in [0.15, 0.2) is 84.9 Å². The van der Waals surface area contributed by atoms with Crippen LogP contribution in [-0.2, 0) is 17.7 Å². The van der Waals surface area contributed by atoms with Gasteiger partial charge in [-0.25, -0.2) is 14.7 Å². The van der Waals surface area contributed by atoms with Crippen LogP contribution < -0.4 is 14.7 Å². The predicted molar refractivity (Wildman–Crippen MR) is 106 cm³/mol. The van der Waals surface area contributed by atoms with E-state index in [0.29, 0.717) is 18.8 Å². The summed E-state index contributed by atoms with van der Waals surface area (Å²) >= 11 is 0. The first-order valence-electron chi connectivity index (χ1n) is 8.58. The average molecular weight is 366 g/mol. The molecule has 0 atom stereocenters. The van der Waals surface area contributed by atoms with Gasteiger partial charge in [-0.05, 0) is 29.7 Å². The molecule has 3 rings (SSSR count). The van der Waals surface area contributed by atoms with Gasteiger partial charge in [-0.15, -0.1) is 0 Å². The maximum absolute atomic E-state index is 13.4. The zero-order valence-electron chi connectivity index (χ0n) is 14.8. The Bertz CT molecular complexity index is 822. The fraction of sp³-hybridized carbons (Fsp3) is 0.143. The van der Waals surface area contributed by atoms with Crippen molar-refractivity contribution in [1.29, 1.82) is 0 Å². The van der Waals surface area contributed by atoms with Gasteiger partial charge in [-0.2, -0.15) is 0 Å².